The standard InChI is InChI=1S/C30H41NO4/c1-30(2,3)35-29(32)31-22-13-15-26(31)24-33-23-12-7-5-4-6-9-14-25-18-20-28(21-19-25)34-27-16-10-8-11-17-27/h8-11,14,16-21,26H,4-7,12-13,15,22-24H2,1-3H3/b14-9+/t26-/m0/s1. The summed E-state index contributed by atoms with van der Waals surface area (Å²) < 4.78 is 17.2. The average Bonchev–Trinajstić information content (AvgIpc) is 3.30. The van der Waals surface area contributed by atoms with E-state index in [1.165, 1.54) is 24.8 Å². The van der Waals surface area contributed by atoms with Crippen LogP contribution in [0.25, 0.3) is 6.08 Å². The van der Waals surface area contributed by atoms with Gasteiger partial charge in [-0.05, 0) is 82.7 Å². The Morgan fingerprint density at radius 2 is 1.69 bits per heavy atom. The molecular formula is C30H41NO4. The second kappa shape index (κ2) is 13.9. The molecule has 0 spiro atoms. The molecule has 1 aliphatic heterocycles. The molecule has 35 heavy (non-hydrogen) atoms. The van der Waals surface area contributed by atoms with Gasteiger partial charge in [0.05, 0.1) is 12.6 Å². The summed E-state index contributed by atoms with van der Waals surface area (Å²) in [6.07, 6.45) is 11.9. The van der Waals surface area contributed by atoms with Crippen molar-refractivity contribution in [2.75, 3.05) is 19.8 Å². The van der Waals surface area contributed by atoms with Crippen LogP contribution < -0.4 is 4.74 Å². The first-order valence-corrected chi connectivity index (χ1v) is 13.0. The van der Waals surface area contributed by atoms with Crippen LogP contribution in [0.1, 0.15) is 71.3 Å². The van der Waals surface area contributed by atoms with Gasteiger partial charge in [0.2, 0.25) is 0 Å². The summed E-state index contributed by atoms with van der Waals surface area (Å²) in [5, 5.41) is 0. The van der Waals surface area contributed by atoms with Gasteiger partial charge in [0.1, 0.15) is 17.1 Å². The molecule has 1 amide bonds. The number of ether oxygens (including phenoxy) is 3. The largest absolute Gasteiger partial charge is 0.457 e. The number of amides is 1. The Morgan fingerprint density at radius 1 is 0.971 bits per heavy atom. The fourth-order valence-corrected chi connectivity index (χ4v) is 4.10. The van der Waals surface area contributed by atoms with Crippen molar-refractivity contribution in [2.24, 2.45) is 0 Å². The van der Waals surface area contributed by atoms with Gasteiger partial charge in [0.25, 0.3) is 0 Å². The first-order chi connectivity index (χ1) is 16.9. The van der Waals surface area contributed by atoms with E-state index < -0.39 is 5.60 Å². The van der Waals surface area contributed by atoms with Gasteiger partial charge in [-0.15, -0.1) is 0 Å². The van der Waals surface area contributed by atoms with Gasteiger partial charge in [-0.25, -0.2) is 4.79 Å². The molecular weight excluding hydrogens is 438 g/mol. The number of carbonyl (C=O) groups is 1. The van der Waals surface area contributed by atoms with E-state index in [0.29, 0.717) is 6.61 Å². The highest BCUT2D eigenvalue weighted by Crippen LogP contribution is 2.22. The Balaban J connectivity index is 1.22. The molecule has 1 aliphatic rings. The quantitative estimate of drug-likeness (QED) is 0.291. The summed E-state index contributed by atoms with van der Waals surface area (Å²) >= 11 is 0. The molecule has 0 radical (unpaired) electrons. The average molecular weight is 480 g/mol. The number of allylic oxidation sites excluding steroid dienone is 1. The predicted octanol–water partition coefficient (Wildman–Crippen LogP) is 7.86. The molecule has 190 valence electrons. The third kappa shape index (κ3) is 10.2. The molecule has 0 saturated carbocycles. The lowest BCUT2D eigenvalue weighted by atomic mass is 10.1. The number of hydrogen-bond donors (Lipinski definition) is 0. The van der Waals surface area contributed by atoms with Crippen LogP contribution in [-0.4, -0.2) is 42.4 Å². The van der Waals surface area contributed by atoms with Crippen LogP contribution in [0.2, 0.25) is 0 Å². The third-order valence-corrected chi connectivity index (χ3v) is 5.89. The molecule has 5 heteroatoms. The maximum Gasteiger partial charge on any atom is 0.410 e. The lowest BCUT2D eigenvalue weighted by molar-refractivity contribution is 0.0103. The highest BCUT2D eigenvalue weighted by Gasteiger charge is 2.32. The summed E-state index contributed by atoms with van der Waals surface area (Å²) in [6.45, 7) is 7.84. The number of rotatable bonds is 12. The fraction of sp³-hybridized carbons (Fsp3) is 0.500. The summed E-state index contributed by atoms with van der Waals surface area (Å²) in [4.78, 5) is 14.2. The number of likely N-dealkylation sites (tertiary alicyclic amines) is 1. The third-order valence-electron chi connectivity index (χ3n) is 5.89. The molecule has 1 fully saturated rings. The molecule has 0 unspecified atom stereocenters. The summed E-state index contributed by atoms with van der Waals surface area (Å²) in [5.41, 5.74) is 0.730. The molecule has 2 aromatic carbocycles. The van der Waals surface area contributed by atoms with Crippen LogP contribution in [0.4, 0.5) is 4.79 Å². The van der Waals surface area contributed by atoms with E-state index in [2.05, 4.69) is 24.3 Å². The zero-order chi connectivity index (χ0) is 24.9. The van der Waals surface area contributed by atoms with E-state index in [4.69, 9.17) is 14.2 Å². The van der Waals surface area contributed by atoms with Crippen LogP contribution in [-0.2, 0) is 9.47 Å². The highest BCUT2D eigenvalue weighted by molar-refractivity contribution is 5.69. The van der Waals surface area contributed by atoms with Gasteiger partial charge in [0.15, 0.2) is 0 Å². The maximum absolute atomic E-state index is 12.3. The van der Waals surface area contributed by atoms with Crippen molar-refractivity contribution in [1.82, 2.24) is 4.90 Å². The lowest BCUT2D eigenvalue weighted by Gasteiger charge is -2.28. The topological polar surface area (TPSA) is 48.0 Å². The van der Waals surface area contributed by atoms with Crippen LogP contribution in [0, 0.1) is 0 Å². The zero-order valence-corrected chi connectivity index (χ0v) is 21.6. The van der Waals surface area contributed by atoms with Crippen LogP contribution >= 0.6 is 0 Å². The van der Waals surface area contributed by atoms with Gasteiger partial charge in [-0.2, -0.15) is 0 Å². The smallest absolute Gasteiger partial charge is 0.410 e. The van der Waals surface area contributed by atoms with Crippen molar-refractivity contribution >= 4 is 12.2 Å². The summed E-state index contributed by atoms with van der Waals surface area (Å²) in [7, 11) is 0. The van der Waals surface area contributed by atoms with Crippen LogP contribution in [0.15, 0.2) is 60.7 Å². The Bertz CT molecular complexity index is 902. The molecule has 1 heterocycles. The van der Waals surface area contributed by atoms with E-state index in [9.17, 15) is 4.79 Å². The molecule has 3 rings (SSSR count). The number of carbonyl (C=O) groups excluding carboxylic acids is 1. The first-order valence-electron chi connectivity index (χ1n) is 13.0. The van der Waals surface area contributed by atoms with Gasteiger partial charge < -0.3 is 19.1 Å². The van der Waals surface area contributed by atoms with Crippen molar-refractivity contribution in [2.45, 2.75) is 77.4 Å². The van der Waals surface area contributed by atoms with E-state index in [1.807, 2.05) is 68.1 Å². The van der Waals surface area contributed by atoms with Crippen LogP contribution in [0.5, 0.6) is 11.5 Å². The molecule has 1 atom stereocenters. The van der Waals surface area contributed by atoms with E-state index in [-0.39, 0.29) is 12.1 Å². The Morgan fingerprint density at radius 3 is 2.43 bits per heavy atom. The molecule has 1 saturated heterocycles. The minimum atomic E-state index is -0.456. The minimum absolute atomic E-state index is 0.147. The minimum Gasteiger partial charge on any atom is -0.457 e. The SMILES string of the molecule is CC(C)(C)OC(=O)N1CCC[C@H]1COCCCCCC/C=C/c1ccc(Oc2ccccc2)cc1. The van der Waals surface area contributed by atoms with Crippen molar-refractivity contribution in [3.8, 4) is 11.5 Å². The Labute approximate surface area is 211 Å². The molecule has 0 bridgehead atoms. The van der Waals surface area contributed by atoms with Crippen molar-refractivity contribution in [3.63, 3.8) is 0 Å². The number of para-hydroxylation sites is 1. The van der Waals surface area contributed by atoms with Crippen molar-refractivity contribution in [3.05, 3.63) is 66.2 Å². The van der Waals surface area contributed by atoms with E-state index in [1.54, 1.807) is 0 Å². The second-order valence-electron chi connectivity index (χ2n) is 10.1. The molecule has 0 N–H and O–H groups in total. The van der Waals surface area contributed by atoms with Gasteiger partial charge in [0, 0.05) is 13.2 Å². The highest BCUT2D eigenvalue weighted by atomic mass is 16.6. The predicted molar refractivity (Wildman–Crippen MR) is 142 cm³/mol. The monoisotopic (exact) mass is 479 g/mol. The molecule has 0 aromatic heterocycles. The molecule has 2 aromatic rings. The van der Waals surface area contributed by atoms with Crippen molar-refractivity contribution in [1.29, 1.82) is 0 Å². The Hall–Kier alpha value is -2.79. The molecule has 0 aliphatic carbocycles. The summed E-state index contributed by atoms with van der Waals surface area (Å²) in [6, 6.07) is 18.2. The van der Waals surface area contributed by atoms with Gasteiger partial charge in [-0.1, -0.05) is 55.3 Å². The molecule has 5 nitrogen and oxygen atoms in total. The normalized spacial score (nSPS) is 16.1. The van der Waals surface area contributed by atoms with Gasteiger partial charge in [-0.3, -0.25) is 0 Å². The van der Waals surface area contributed by atoms with Crippen molar-refractivity contribution < 1.29 is 19.0 Å². The maximum atomic E-state index is 12.3. The fourth-order valence-electron chi connectivity index (χ4n) is 4.10. The zero-order valence-electron chi connectivity index (χ0n) is 21.6. The number of nitrogens with zero attached hydrogens (tertiary/aromatic N) is 1. The number of unbranched alkanes of at least 4 members (excludes halogenated alkanes) is 4. The number of hydrogen-bond acceptors (Lipinski definition) is 4. The Kier molecular flexibility index (Phi) is 10.7. The van der Waals surface area contributed by atoms with E-state index >= 15 is 0 Å². The van der Waals surface area contributed by atoms with Gasteiger partial charge >= 0.3 is 6.09 Å². The summed E-state index contributed by atoms with van der Waals surface area (Å²) in [5.74, 6) is 1.70. The number of benzene rings is 2. The van der Waals surface area contributed by atoms with Crippen LogP contribution in [0.3, 0.4) is 0 Å². The first kappa shape index (κ1) is 26.8. The lowest BCUT2D eigenvalue weighted by Crippen LogP contribution is -2.41. The second-order valence-corrected chi connectivity index (χ2v) is 10.1. The van der Waals surface area contributed by atoms with E-state index in [0.717, 1.165) is 50.3 Å².